The summed E-state index contributed by atoms with van der Waals surface area (Å²) in [4.78, 5) is 11.7. The molecule has 0 unspecified atom stereocenters. The second-order valence-corrected chi connectivity index (χ2v) is 5.35. The van der Waals surface area contributed by atoms with E-state index in [1.54, 1.807) is 6.92 Å². The van der Waals surface area contributed by atoms with Crippen LogP contribution in [0.5, 0.6) is 0 Å². The molecule has 0 aliphatic carbocycles. The van der Waals surface area contributed by atoms with Crippen molar-refractivity contribution in [3.8, 4) is 0 Å². The third-order valence-corrected chi connectivity index (χ3v) is 3.89. The largest absolute Gasteiger partial charge is 0.466 e. The topological polar surface area (TPSA) is 52.3 Å². The Morgan fingerprint density at radius 3 is 2.41 bits per heavy atom. The van der Waals surface area contributed by atoms with Gasteiger partial charge in [0.05, 0.1) is 13.0 Å². The third kappa shape index (κ3) is 2.68. The molecule has 0 fully saturated rings. The third-order valence-electron chi connectivity index (χ3n) is 3.89. The van der Waals surface area contributed by atoms with Crippen LogP contribution in [0.2, 0.25) is 0 Å². The van der Waals surface area contributed by atoms with Gasteiger partial charge in [-0.3, -0.25) is 4.79 Å². The number of hydrogen-bond donors (Lipinski definition) is 1. The van der Waals surface area contributed by atoms with Gasteiger partial charge in [0.1, 0.15) is 0 Å². The number of carbonyl (C=O) groups excluding carboxylic acids is 1. The highest BCUT2D eigenvalue weighted by molar-refractivity contribution is 6.09. The van der Waals surface area contributed by atoms with Crippen LogP contribution in [-0.4, -0.2) is 12.6 Å². The van der Waals surface area contributed by atoms with Gasteiger partial charge in [-0.1, -0.05) is 48.5 Å². The SMILES string of the molecule is CCOC(=O)C[C@H](N)c1cc2ccccc2c2ccccc12. The highest BCUT2D eigenvalue weighted by Crippen LogP contribution is 2.32. The molecule has 0 aliphatic heterocycles. The van der Waals surface area contributed by atoms with E-state index < -0.39 is 0 Å². The van der Waals surface area contributed by atoms with Crippen LogP contribution < -0.4 is 5.73 Å². The summed E-state index contributed by atoms with van der Waals surface area (Å²) in [6.07, 6.45) is 0.191. The predicted octanol–water partition coefficient (Wildman–Crippen LogP) is 3.95. The van der Waals surface area contributed by atoms with Gasteiger partial charge in [0, 0.05) is 6.04 Å². The summed E-state index contributed by atoms with van der Waals surface area (Å²) in [5, 5.41) is 4.59. The predicted molar refractivity (Wildman–Crippen MR) is 89.6 cm³/mol. The minimum absolute atomic E-state index is 0.191. The lowest BCUT2D eigenvalue weighted by Crippen LogP contribution is -2.17. The van der Waals surface area contributed by atoms with Crippen LogP contribution in [0.25, 0.3) is 21.5 Å². The van der Waals surface area contributed by atoms with Gasteiger partial charge in [0.15, 0.2) is 0 Å². The lowest BCUT2D eigenvalue weighted by Gasteiger charge is -2.16. The molecule has 3 nitrogen and oxygen atoms in total. The van der Waals surface area contributed by atoms with Gasteiger partial charge in [0.2, 0.25) is 0 Å². The second-order valence-electron chi connectivity index (χ2n) is 5.35. The average molecular weight is 293 g/mol. The van der Waals surface area contributed by atoms with E-state index in [0.717, 1.165) is 21.7 Å². The fourth-order valence-corrected chi connectivity index (χ4v) is 2.90. The van der Waals surface area contributed by atoms with Gasteiger partial charge in [-0.05, 0) is 40.1 Å². The van der Waals surface area contributed by atoms with E-state index in [9.17, 15) is 4.79 Å². The molecule has 0 radical (unpaired) electrons. The van der Waals surface area contributed by atoms with Gasteiger partial charge >= 0.3 is 5.97 Å². The first kappa shape index (κ1) is 14.5. The summed E-state index contributed by atoms with van der Waals surface area (Å²) < 4.78 is 5.01. The molecule has 0 heterocycles. The van der Waals surface area contributed by atoms with Crippen molar-refractivity contribution >= 4 is 27.5 Å². The normalized spacial score (nSPS) is 12.5. The highest BCUT2D eigenvalue weighted by atomic mass is 16.5. The number of fused-ring (bicyclic) bond motifs is 3. The minimum atomic E-state index is -0.367. The maximum absolute atomic E-state index is 11.7. The van der Waals surface area contributed by atoms with Crippen LogP contribution in [0.3, 0.4) is 0 Å². The van der Waals surface area contributed by atoms with Crippen molar-refractivity contribution in [3.05, 3.63) is 60.2 Å². The molecule has 112 valence electrons. The zero-order valence-electron chi connectivity index (χ0n) is 12.6. The summed E-state index contributed by atoms with van der Waals surface area (Å²) in [6, 6.07) is 18.1. The Bertz CT molecular complexity index is 826. The maximum atomic E-state index is 11.7. The monoisotopic (exact) mass is 293 g/mol. The molecule has 0 amide bonds. The Kier molecular flexibility index (Phi) is 4.07. The molecule has 22 heavy (non-hydrogen) atoms. The van der Waals surface area contributed by atoms with E-state index in [2.05, 4.69) is 30.3 Å². The zero-order valence-corrected chi connectivity index (χ0v) is 12.6. The highest BCUT2D eigenvalue weighted by Gasteiger charge is 2.16. The molecule has 3 aromatic rings. The van der Waals surface area contributed by atoms with Crippen molar-refractivity contribution < 1.29 is 9.53 Å². The molecular weight excluding hydrogens is 274 g/mol. The van der Waals surface area contributed by atoms with Crippen LogP contribution in [0.4, 0.5) is 0 Å². The fraction of sp³-hybridized carbons (Fsp3) is 0.211. The van der Waals surface area contributed by atoms with E-state index >= 15 is 0 Å². The van der Waals surface area contributed by atoms with Crippen LogP contribution in [-0.2, 0) is 9.53 Å². The number of rotatable bonds is 4. The van der Waals surface area contributed by atoms with Crippen molar-refractivity contribution in [2.45, 2.75) is 19.4 Å². The summed E-state index contributed by atoms with van der Waals surface area (Å²) in [5.74, 6) is -0.257. The van der Waals surface area contributed by atoms with E-state index in [4.69, 9.17) is 10.5 Å². The summed E-state index contributed by atoms with van der Waals surface area (Å²) in [7, 11) is 0. The number of nitrogens with two attached hydrogens (primary N) is 1. The molecule has 3 aromatic carbocycles. The first-order valence-corrected chi connectivity index (χ1v) is 7.52. The summed E-state index contributed by atoms with van der Waals surface area (Å²) >= 11 is 0. The molecule has 0 saturated heterocycles. The number of esters is 1. The first-order chi connectivity index (χ1) is 10.7. The van der Waals surface area contributed by atoms with Crippen molar-refractivity contribution in [2.75, 3.05) is 6.61 Å². The van der Waals surface area contributed by atoms with Crippen molar-refractivity contribution in [1.82, 2.24) is 0 Å². The molecule has 0 bridgehead atoms. The Morgan fingerprint density at radius 1 is 1.05 bits per heavy atom. The fourth-order valence-electron chi connectivity index (χ4n) is 2.90. The molecule has 2 N–H and O–H groups in total. The molecular formula is C19H19NO2. The molecule has 0 spiro atoms. The molecule has 0 aliphatic rings. The first-order valence-electron chi connectivity index (χ1n) is 7.52. The lowest BCUT2D eigenvalue weighted by atomic mass is 9.92. The Morgan fingerprint density at radius 2 is 1.68 bits per heavy atom. The van der Waals surface area contributed by atoms with Crippen LogP contribution in [0.1, 0.15) is 24.9 Å². The number of ether oxygens (including phenoxy) is 1. The number of benzene rings is 3. The summed E-state index contributed by atoms with van der Waals surface area (Å²) in [6.45, 7) is 2.18. The van der Waals surface area contributed by atoms with Gasteiger partial charge < -0.3 is 10.5 Å². The Labute approximate surface area is 129 Å². The average Bonchev–Trinajstić information content (AvgIpc) is 2.54. The van der Waals surface area contributed by atoms with Crippen molar-refractivity contribution in [1.29, 1.82) is 0 Å². The van der Waals surface area contributed by atoms with E-state index in [0.29, 0.717) is 6.61 Å². The molecule has 3 rings (SSSR count). The zero-order chi connectivity index (χ0) is 15.5. The van der Waals surface area contributed by atoms with Crippen LogP contribution >= 0.6 is 0 Å². The van der Waals surface area contributed by atoms with Crippen molar-refractivity contribution in [2.24, 2.45) is 5.73 Å². The van der Waals surface area contributed by atoms with Gasteiger partial charge in [-0.15, -0.1) is 0 Å². The Hall–Kier alpha value is -2.39. The van der Waals surface area contributed by atoms with Gasteiger partial charge in [-0.25, -0.2) is 0 Å². The standard InChI is InChI=1S/C19H19NO2/c1-2-22-19(21)12-18(20)17-11-13-7-3-4-8-14(13)15-9-5-6-10-16(15)17/h3-11,18H,2,12,20H2,1H3/t18-/m0/s1. The molecule has 0 aromatic heterocycles. The summed E-state index contributed by atoms with van der Waals surface area (Å²) in [5.41, 5.74) is 7.27. The van der Waals surface area contributed by atoms with Crippen LogP contribution in [0, 0.1) is 0 Å². The van der Waals surface area contributed by atoms with Crippen molar-refractivity contribution in [3.63, 3.8) is 0 Å². The lowest BCUT2D eigenvalue weighted by molar-refractivity contribution is -0.143. The molecule has 1 atom stereocenters. The second kappa shape index (κ2) is 6.16. The van der Waals surface area contributed by atoms with Gasteiger partial charge in [0.25, 0.3) is 0 Å². The van der Waals surface area contributed by atoms with E-state index in [1.807, 2.05) is 24.3 Å². The number of hydrogen-bond acceptors (Lipinski definition) is 3. The minimum Gasteiger partial charge on any atom is -0.466 e. The smallest absolute Gasteiger partial charge is 0.307 e. The quantitative estimate of drug-likeness (QED) is 0.585. The molecule has 3 heteroatoms. The Balaban J connectivity index is 2.13. The van der Waals surface area contributed by atoms with E-state index in [1.165, 1.54) is 5.39 Å². The van der Waals surface area contributed by atoms with E-state index in [-0.39, 0.29) is 18.4 Å². The maximum Gasteiger partial charge on any atom is 0.307 e. The molecule has 0 saturated carbocycles. The van der Waals surface area contributed by atoms with Crippen LogP contribution in [0.15, 0.2) is 54.6 Å². The number of carbonyl (C=O) groups is 1. The van der Waals surface area contributed by atoms with Gasteiger partial charge in [-0.2, -0.15) is 0 Å².